The van der Waals surface area contributed by atoms with E-state index in [1.165, 1.54) is 11.3 Å². The zero-order valence-corrected chi connectivity index (χ0v) is 12.0. The van der Waals surface area contributed by atoms with Crippen molar-refractivity contribution in [2.75, 3.05) is 25.0 Å². The highest BCUT2D eigenvalue weighted by molar-refractivity contribution is 7.16. The van der Waals surface area contributed by atoms with Crippen LogP contribution in [0.1, 0.15) is 12.8 Å². The van der Waals surface area contributed by atoms with Crippen LogP contribution in [0.5, 0.6) is 0 Å². The number of nitrogens with zero attached hydrogens (tertiary/aromatic N) is 3. The van der Waals surface area contributed by atoms with E-state index in [1.807, 2.05) is 19.2 Å². The topological polar surface area (TPSA) is 71.3 Å². The lowest BCUT2D eigenvalue weighted by atomic mass is 10.2. The van der Waals surface area contributed by atoms with E-state index in [1.54, 1.807) is 5.51 Å². The lowest BCUT2D eigenvalue weighted by Crippen LogP contribution is -2.37. The summed E-state index contributed by atoms with van der Waals surface area (Å²) in [4.78, 5) is 17.5. The molecule has 106 valence electrons. The van der Waals surface area contributed by atoms with Crippen LogP contribution in [0.25, 0.3) is 10.2 Å². The Hall–Kier alpha value is -1.73. The summed E-state index contributed by atoms with van der Waals surface area (Å²) in [5.74, 6) is 0. The molecular weight excluding hydrogens is 276 g/mol. The van der Waals surface area contributed by atoms with Gasteiger partial charge in [-0.3, -0.25) is 10.1 Å². The third-order valence-electron chi connectivity index (χ3n) is 3.76. The van der Waals surface area contributed by atoms with Crippen LogP contribution in [0.4, 0.5) is 11.4 Å². The van der Waals surface area contributed by atoms with Gasteiger partial charge in [0.05, 0.1) is 15.1 Å². The number of nitrogens with one attached hydrogen (secondary N) is 1. The predicted octanol–water partition coefficient (Wildman–Crippen LogP) is 2.39. The number of anilines is 1. The second kappa shape index (κ2) is 5.34. The Morgan fingerprint density at radius 1 is 1.60 bits per heavy atom. The molecule has 1 atom stereocenters. The monoisotopic (exact) mass is 292 g/mol. The molecule has 1 aromatic heterocycles. The highest BCUT2D eigenvalue weighted by Gasteiger charge is 2.31. The van der Waals surface area contributed by atoms with Crippen molar-refractivity contribution in [1.82, 2.24) is 10.3 Å². The number of fused-ring (bicyclic) bond motifs is 1. The smallest absolute Gasteiger partial charge is 0.319 e. The Bertz CT molecular complexity index is 642. The summed E-state index contributed by atoms with van der Waals surface area (Å²) >= 11 is 1.43. The van der Waals surface area contributed by atoms with Gasteiger partial charge in [0.25, 0.3) is 0 Å². The van der Waals surface area contributed by atoms with Crippen LogP contribution in [0.2, 0.25) is 0 Å². The number of nitro benzene ring substituents is 1. The van der Waals surface area contributed by atoms with E-state index in [9.17, 15) is 10.1 Å². The van der Waals surface area contributed by atoms with E-state index < -0.39 is 0 Å². The summed E-state index contributed by atoms with van der Waals surface area (Å²) in [6, 6.07) is 4.12. The summed E-state index contributed by atoms with van der Waals surface area (Å²) in [5.41, 5.74) is 3.02. The molecule has 7 heteroatoms. The molecule has 3 rings (SSSR count). The minimum absolute atomic E-state index is 0.145. The molecule has 6 nitrogen and oxygen atoms in total. The number of rotatable bonds is 4. The molecule has 0 saturated carbocycles. The molecule has 0 aliphatic carbocycles. The maximum absolute atomic E-state index is 11.5. The Kier molecular flexibility index (Phi) is 3.54. The third-order valence-corrected chi connectivity index (χ3v) is 4.56. The Morgan fingerprint density at radius 3 is 3.20 bits per heavy atom. The number of likely N-dealkylation sites (N-methyl/N-ethyl adjacent to an activating group) is 1. The van der Waals surface area contributed by atoms with Crippen LogP contribution < -0.4 is 10.2 Å². The van der Waals surface area contributed by atoms with Crippen LogP contribution >= 0.6 is 11.3 Å². The van der Waals surface area contributed by atoms with Crippen molar-refractivity contribution in [2.45, 2.75) is 18.9 Å². The molecule has 0 spiro atoms. The second-order valence-electron chi connectivity index (χ2n) is 4.94. The molecule has 0 bridgehead atoms. The molecule has 2 heterocycles. The Labute approximate surface area is 120 Å². The summed E-state index contributed by atoms with van der Waals surface area (Å²) in [6.45, 7) is 1.70. The fourth-order valence-electron chi connectivity index (χ4n) is 2.92. The largest absolute Gasteiger partial charge is 0.362 e. The van der Waals surface area contributed by atoms with E-state index in [0.717, 1.165) is 30.6 Å². The summed E-state index contributed by atoms with van der Waals surface area (Å²) in [6.07, 6.45) is 2.13. The first-order valence-corrected chi connectivity index (χ1v) is 7.52. The van der Waals surface area contributed by atoms with Gasteiger partial charge in [0.2, 0.25) is 0 Å². The van der Waals surface area contributed by atoms with Crippen molar-refractivity contribution < 1.29 is 4.92 Å². The zero-order chi connectivity index (χ0) is 14.1. The minimum atomic E-state index is -0.299. The van der Waals surface area contributed by atoms with E-state index >= 15 is 0 Å². The molecule has 2 aromatic rings. The maximum Gasteiger partial charge on any atom is 0.319 e. The van der Waals surface area contributed by atoms with Crippen molar-refractivity contribution in [3.63, 3.8) is 0 Å². The average Bonchev–Trinajstić information content (AvgIpc) is 3.05. The van der Waals surface area contributed by atoms with Crippen molar-refractivity contribution in [2.24, 2.45) is 0 Å². The van der Waals surface area contributed by atoms with Crippen LogP contribution in [0.15, 0.2) is 17.6 Å². The van der Waals surface area contributed by atoms with E-state index in [4.69, 9.17) is 0 Å². The number of hydrogen-bond donors (Lipinski definition) is 1. The molecular formula is C13H16N4O2S. The number of aromatic nitrogens is 1. The molecule has 1 aliphatic heterocycles. The standard InChI is InChI=1S/C13H16N4O2S/c1-14-7-9-3-2-6-16(9)10-4-5-11-12(15-8-20-11)13(10)17(18)19/h4-5,8-9,14H,2-3,6-7H2,1H3. The van der Waals surface area contributed by atoms with E-state index in [-0.39, 0.29) is 10.6 Å². The number of thiazole rings is 1. The summed E-state index contributed by atoms with van der Waals surface area (Å²) in [7, 11) is 1.91. The van der Waals surface area contributed by atoms with Crippen LogP contribution in [0, 0.1) is 10.1 Å². The van der Waals surface area contributed by atoms with Crippen molar-refractivity contribution in [1.29, 1.82) is 0 Å². The molecule has 1 fully saturated rings. The van der Waals surface area contributed by atoms with Gasteiger partial charge in [-0.1, -0.05) is 0 Å². The van der Waals surface area contributed by atoms with Crippen molar-refractivity contribution in [3.05, 3.63) is 27.8 Å². The number of nitro groups is 1. The zero-order valence-electron chi connectivity index (χ0n) is 11.2. The highest BCUT2D eigenvalue weighted by Crippen LogP contribution is 2.39. The van der Waals surface area contributed by atoms with Crippen LogP contribution in [0.3, 0.4) is 0 Å². The lowest BCUT2D eigenvalue weighted by Gasteiger charge is -2.26. The van der Waals surface area contributed by atoms with Gasteiger partial charge in [-0.2, -0.15) is 0 Å². The van der Waals surface area contributed by atoms with Gasteiger partial charge in [0, 0.05) is 19.1 Å². The molecule has 1 aromatic carbocycles. The first-order chi connectivity index (χ1) is 9.72. The number of hydrogen-bond acceptors (Lipinski definition) is 6. The van der Waals surface area contributed by atoms with Gasteiger partial charge >= 0.3 is 5.69 Å². The summed E-state index contributed by atoms with van der Waals surface area (Å²) < 4.78 is 0.866. The molecule has 0 amide bonds. The minimum Gasteiger partial charge on any atom is -0.362 e. The Morgan fingerprint density at radius 2 is 2.45 bits per heavy atom. The van der Waals surface area contributed by atoms with Gasteiger partial charge in [-0.15, -0.1) is 11.3 Å². The van der Waals surface area contributed by atoms with Crippen molar-refractivity contribution in [3.8, 4) is 0 Å². The first-order valence-electron chi connectivity index (χ1n) is 6.64. The normalized spacial score (nSPS) is 18.9. The predicted molar refractivity (Wildman–Crippen MR) is 80.6 cm³/mol. The van der Waals surface area contributed by atoms with Crippen LogP contribution in [-0.4, -0.2) is 36.1 Å². The Balaban J connectivity index is 2.10. The quantitative estimate of drug-likeness (QED) is 0.692. The molecule has 20 heavy (non-hydrogen) atoms. The highest BCUT2D eigenvalue weighted by atomic mass is 32.1. The molecule has 0 radical (unpaired) electrons. The maximum atomic E-state index is 11.5. The average molecular weight is 292 g/mol. The lowest BCUT2D eigenvalue weighted by molar-refractivity contribution is -0.382. The van der Waals surface area contributed by atoms with Crippen molar-refractivity contribution >= 4 is 32.9 Å². The van der Waals surface area contributed by atoms with Gasteiger partial charge in [-0.05, 0) is 32.0 Å². The van der Waals surface area contributed by atoms with Gasteiger partial charge in [-0.25, -0.2) is 4.98 Å². The molecule has 1 aliphatic rings. The molecule has 1 unspecified atom stereocenters. The fraction of sp³-hybridized carbons (Fsp3) is 0.462. The molecule has 1 N–H and O–H groups in total. The van der Waals surface area contributed by atoms with Crippen LogP contribution in [-0.2, 0) is 0 Å². The SMILES string of the molecule is CNCC1CCCN1c1ccc2scnc2c1[N+](=O)[O-]. The second-order valence-corrected chi connectivity index (χ2v) is 5.82. The molecule has 1 saturated heterocycles. The van der Waals surface area contributed by atoms with Gasteiger partial charge in [0.15, 0.2) is 5.52 Å². The van der Waals surface area contributed by atoms with Gasteiger partial charge in [0.1, 0.15) is 5.69 Å². The number of benzene rings is 1. The third kappa shape index (κ3) is 2.12. The summed E-state index contributed by atoms with van der Waals surface area (Å²) in [5, 5.41) is 14.6. The van der Waals surface area contributed by atoms with E-state index in [0.29, 0.717) is 17.2 Å². The van der Waals surface area contributed by atoms with E-state index in [2.05, 4.69) is 15.2 Å². The van der Waals surface area contributed by atoms with Gasteiger partial charge < -0.3 is 10.2 Å². The fourth-order valence-corrected chi connectivity index (χ4v) is 3.60. The first kappa shape index (κ1) is 13.3.